The maximum atomic E-state index is 5.62. The van der Waals surface area contributed by atoms with Crippen LogP contribution in [0.2, 0.25) is 0 Å². The molecule has 1 rings (SSSR count). The van der Waals surface area contributed by atoms with Crippen molar-refractivity contribution in [3.05, 3.63) is 29.3 Å². The summed E-state index contributed by atoms with van der Waals surface area (Å²) in [5.41, 5.74) is 9.74. The van der Waals surface area contributed by atoms with Gasteiger partial charge in [-0.15, -0.1) is 0 Å². The van der Waals surface area contributed by atoms with Crippen LogP contribution in [-0.4, -0.2) is 13.1 Å². The highest BCUT2D eigenvalue weighted by molar-refractivity contribution is 5.53. The molecule has 0 amide bonds. The van der Waals surface area contributed by atoms with E-state index in [-0.39, 0.29) is 5.41 Å². The third-order valence-electron chi connectivity index (χ3n) is 3.14. The smallest absolute Gasteiger partial charge is 0.0370 e. The number of nitrogens with two attached hydrogens (primary N) is 1. The van der Waals surface area contributed by atoms with Gasteiger partial charge in [-0.25, -0.2) is 0 Å². The average molecular weight is 234 g/mol. The molecule has 0 aliphatic rings. The second-order valence-corrected chi connectivity index (χ2v) is 6.00. The highest BCUT2D eigenvalue weighted by Gasteiger charge is 2.14. The van der Waals surface area contributed by atoms with E-state index in [1.807, 2.05) is 0 Å². The molecule has 1 atom stereocenters. The lowest BCUT2D eigenvalue weighted by atomic mass is 9.86. The number of hydrogen-bond donors (Lipinski definition) is 2. The Kier molecular flexibility index (Phi) is 4.58. The summed E-state index contributed by atoms with van der Waals surface area (Å²) < 4.78 is 0. The molecule has 0 saturated carbocycles. The van der Waals surface area contributed by atoms with Gasteiger partial charge in [0, 0.05) is 12.2 Å². The summed E-state index contributed by atoms with van der Waals surface area (Å²) in [5.74, 6) is 0.511. The summed E-state index contributed by atoms with van der Waals surface area (Å²) in [4.78, 5) is 0. The number of hydrogen-bond acceptors (Lipinski definition) is 2. The highest BCUT2D eigenvalue weighted by atomic mass is 14.9. The molecule has 2 nitrogen and oxygen atoms in total. The highest BCUT2D eigenvalue weighted by Crippen LogP contribution is 2.26. The Hall–Kier alpha value is -1.02. The Morgan fingerprint density at radius 1 is 1.29 bits per heavy atom. The Bertz CT molecular complexity index is 364. The first-order valence-electron chi connectivity index (χ1n) is 6.39. The fourth-order valence-corrected chi connectivity index (χ4v) is 1.70. The van der Waals surface area contributed by atoms with Crippen LogP contribution in [-0.2, 0) is 5.41 Å². The Morgan fingerprint density at radius 3 is 2.41 bits per heavy atom. The van der Waals surface area contributed by atoms with Crippen LogP contribution in [0.25, 0.3) is 0 Å². The SMILES string of the molecule is Cc1cc(C(C)(C)C)ccc1NCC(C)CN. The second-order valence-electron chi connectivity index (χ2n) is 6.00. The number of anilines is 1. The molecule has 2 heteroatoms. The van der Waals surface area contributed by atoms with Crippen LogP contribution < -0.4 is 11.1 Å². The molecule has 0 saturated heterocycles. The van der Waals surface area contributed by atoms with Gasteiger partial charge in [-0.2, -0.15) is 0 Å². The fraction of sp³-hybridized carbons (Fsp3) is 0.600. The largest absolute Gasteiger partial charge is 0.385 e. The van der Waals surface area contributed by atoms with Crippen molar-refractivity contribution in [2.45, 2.75) is 40.0 Å². The lowest BCUT2D eigenvalue weighted by molar-refractivity contribution is 0.589. The van der Waals surface area contributed by atoms with E-state index >= 15 is 0 Å². The van der Waals surface area contributed by atoms with Gasteiger partial charge in [0.15, 0.2) is 0 Å². The fourth-order valence-electron chi connectivity index (χ4n) is 1.70. The standard InChI is InChI=1S/C15H26N2/c1-11(9-16)10-17-14-7-6-13(8-12(14)2)15(3,4)5/h6-8,11,17H,9-10,16H2,1-5H3. The molecule has 17 heavy (non-hydrogen) atoms. The third-order valence-corrected chi connectivity index (χ3v) is 3.14. The van der Waals surface area contributed by atoms with Crippen molar-refractivity contribution >= 4 is 5.69 Å². The predicted molar refractivity (Wildman–Crippen MR) is 76.6 cm³/mol. The molecule has 0 aliphatic carbocycles. The summed E-state index contributed by atoms with van der Waals surface area (Å²) >= 11 is 0. The first kappa shape index (κ1) is 14.0. The minimum Gasteiger partial charge on any atom is -0.385 e. The number of benzene rings is 1. The van der Waals surface area contributed by atoms with E-state index in [2.05, 4.69) is 58.1 Å². The molecular formula is C15H26N2. The van der Waals surface area contributed by atoms with Crippen LogP contribution in [0.15, 0.2) is 18.2 Å². The van der Waals surface area contributed by atoms with Crippen LogP contribution in [0.4, 0.5) is 5.69 Å². The first-order chi connectivity index (χ1) is 7.84. The minimum absolute atomic E-state index is 0.216. The van der Waals surface area contributed by atoms with Gasteiger partial charge < -0.3 is 11.1 Å². The molecule has 0 radical (unpaired) electrons. The van der Waals surface area contributed by atoms with Gasteiger partial charge >= 0.3 is 0 Å². The summed E-state index contributed by atoms with van der Waals surface area (Å²) in [6, 6.07) is 6.66. The summed E-state index contributed by atoms with van der Waals surface area (Å²) in [7, 11) is 0. The zero-order valence-electron chi connectivity index (χ0n) is 11.8. The van der Waals surface area contributed by atoms with Crippen molar-refractivity contribution in [2.24, 2.45) is 11.7 Å². The molecule has 1 aromatic carbocycles. The molecule has 0 fully saturated rings. The molecule has 0 bridgehead atoms. The number of nitrogens with one attached hydrogen (secondary N) is 1. The van der Waals surface area contributed by atoms with Crippen LogP contribution >= 0.6 is 0 Å². The second kappa shape index (κ2) is 5.54. The van der Waals surface area contributed by atoms with Gasteiger partial charge in [-0.3, -0.25) is 0 Å². The van der Waals surface area contributed by atoms with E-state index in [1.165, 1.54) is 16.8 Å². The number of rotatable bonds is 4. The molecule has 1 aromatic rings. The molecule has 3 N–H and O–H groups in total. The maximum Gasteiger partial charge on any atom is 0.0370 e. The predicted octanol–water partition coefficient (Wildman–Crippen LogP) is 3.30. The van der Waals surface area contributed by atoms with Crippen molar-refractivity contribution in [3.63, 3.8) is 0 Å². The van der Waals surface area contributed by atoms with Crippen molar-refractivity contribution < 1.29 is 0 Å². The molecule has 0 spiro atoms. The van der Waals surface area contributed by atoms with Gasteiger partial charge in [0.2, 0.25) is 0 Å². The Morgan fingerprint density at radius 2 is 1.94 bits per heavy atom. The van der Waals surface area contributed by atoms with E-state index in [0.717, 1.165) is 13.1 Å². The summed E-state index contributed by atoms with van der Waals surface area (Å²) in [6.45, 7) is 12.7. The van der Waals surface area contributed by atoms with Crippen molar-refractivity contribution in [2.75, 3.05) is 18.4 Å². The van der Waals surface area contributed by atoms with Gasteiger partial charge in [0.25, 0.3) is 0 Å². The number of aryl methyl sites for hydroxylation is 1. The van der Waals surface area contributed by atoms with Crippen LogP contribution in [0.3, 0.4) is 0 Å². The van der Waals surface area contributed by atoms with Gasteiger partial charge in [0.05, 0.1) is 0 Å². The first-order valence-corrected chi connectivity index (χ1v) is 6.39. The topological polar surface area (TPSA) is 38.0 Å². The quantitative estimate of drug-likeness (QED) is 0.839. The van der Waals surface area contributed by atoms with Crippen LogP contribution in [0, 0.1) is 12.8 Å². The van der Waals surface area contributed by atoms with Gasteiger partial charge in [0.1, 0.15) is 0 Å². The maximum absolute atomic E-state index is 5.62. The van der Waals surface area contributed by atoms with Crippen LogP contribution in [0.1, 0.15) is 38.8 Å². The third kappa shape index (κ3) is 4.04. The zero-order chi connectivity index (χ0) is 13.1. The van der Waals surface area contributed by atoms with E-state index < -0.39 is 0 Å². The molecule has 0 heterocycles. The van der Waals surface area contributed by atoms with Crippen molar-refractivity contribution in [3.8, 4) is 0 Å². The van der Waals surface area contributed by atoms with Crippen molar-refractivity contribution in [1.29, 1.82) is 0 Å². The monoisotopic (exact) mass is 234 g/mol. The van der Waals surface area contributed by atoms with Crippen molar-refractivity contribution in [1.82, 2.24) is 0 Å². The van der Waals surface area contributed by atoms with E-state index in [9.17, 15) is 0 Å². The normalized spacial score (nSPS) is 13.5. The Balaban J connectivity index is 2.77. The molecule has 96 valence electrons. The van der Waals surface area contributed by atoms with Crippen LogP contribution in [0.5, 0.6) is 0 Å². The van der Waals surface area contributed by atoms with E-state index in [0.29, 0.717) is 5.92 Å². The van der Waals surface area contributed by atoms with E-state index in [1.54, 1.807) is 0 Å². The Labute approximate surface area is 106 Å². The summed E-state index contributed by atoms with van der Waals surface area (Å²) in [6.07, 6.45) is 0. The zero-order valence-corrected chi connectivity index (χ0v) is 11.8. The van der Waals surface area contributed by atoms with Gasteiger partial charge in [-0.1, -0.05) is 39.8 Å². The minimum atomic E-state index is 0.216. The average Bonchev–Trinajstić information content (AvgIpc) is 2.25. The molecular weight excluding hydrogens is 208 g/mol. The summed E-state index contributed by atoms with van der Waals surface area (Å²) in [5, 5.41) is 3.46. The molecule has 0 aromatic heterocycles. The van der Waals surface area contributed by atoms with E-state index in [4.69, 9.17) is 5.73 Å². The molecule has 1 unspecified atom stereocenters. The lowest BCUT2D eigenvalue weighted by Gasteiger charge is -2.21. The molecule has 0 aliphatic heterocycles. The lowest BCUT2D eigenvalue weighted by Crippen LogP contribution is -2.20. The van der Waals surface area contributed by atoms with Gasteiger partial charge in [-0.05, 0) is 42.0 Å².